The van der Waals surface area contributed by atoms with Gasteiger partial charge in [-0.05, 0) is 23.8 Å². The minimum absolute atomic E-state index is 0.137. The number of carbonyl (C=O) groups is 1. The number of benzene rings is 1. The summed E-state index contributed by atoms with van der Waals surface area (Å²) in [6, 6.07) is 4.64. The van der Waals surface area contributed by atoms with Gasteiger partial charge in [0.1, 0.15) is 0 Å². The van der Waals surface area contributed by atoms with E-state index in [4.69, 9.17) is 5.11 Å². The minimum Gasteiger partial charge on any atom is -0.478 e. The highest BCUT2D eigenvalue weighted by molar-refractivity contribution is 5.88. The van der Waals surface area contributed by atoms with Gasteiger partial charge in [0.15, 0.2) is 6.29 Å². The summed E-state index contributed by atoms with van der Waals surface area (Å²) in [5.74, 6) is -1.58. The molecule has 17 heavy (non-hydrogen) atoms. The third kappa shape index (κ3) is 2.95. The lowest BCUT2D eigenvalue weighted by Crippen LogP contribution is -2.19. The van der Waals surface area contributed by atoms with E-state index in [9.17, 15) is 15.0 Å². The molecule has 0 aliphatic rings. The van der Waals surface area contributed by atoms with E-state index in [1.165, 1.54) is 12.1 Å². The first-order valence-electron chi connectivity index (χ1n) is 5.25. The monoisotopic (exact) mass is 239 g/mol. The second-order valence-electron chi connectivity index (χ2n) is 4.18. The number of nitrogens with zero attached hydrogens (tertiary/aromatic N) is 1. The number of carboxylic acids is 1. The van der Waals surface area contributed by atoms with Gasteiger partial charge >= 0.3 is 5.97 Å². The normalized spacial score (nSPS) is 12.6. The lowest BCUT2D eigenvalue weighted by Gasteiger charge is -2.23. The van der Waals surface area contributed by atoms with Crippen LogP contribution in [0.15, 0.2) is 18.2 Å². The largest absolute Gasteiger partial charge is 0.478 e. The zero-order valence-electron chi connectivity index (χ0n) is 10.1. The highest BCUT2D eigenvalue weighted by Gasteiger charge is 2.19. The molecule has 0 aliphatic heterocycles. The standard InChI is InChI=1S/C12H17NO4/c1-7(11(14)15)9-6-8(12(16)17)4-5-10(9)13(2)3/h4-7,11,14-15H,1-3H3,(H,16,17). The summed E-state index contributed by atoms with van der Waals surface area (Å²) in [6.45, 7) is 1.64. The Balaban J connectivity index is 3.30. The lowest BCUT2D eigenvalue weighted by molar-refractivity contribution is -0.0560. The van der Waals surface area contributed by atoms with Crippen molar-refractivity contribution in [1.29, 1.82) is 0 Å². The molecule has 0 fully saturated rings. The van der Waals surface area contributed by atoms with Crippen molar-refractivity contribution < 1.29 is 20.1 Å². The Morgan fingerprint density at radius 1 is 1.29 bits per heavy atom. The first-order chi connectivity index (χ1) is 7.84. The van der Waals surface area contributed by atoms with Crippen LogP contribution in [-0.2, 0) is 0 Å². The Kier molecular flexibility index (Phi) is 4.09. The summed E-state index contributed by atoms with van der Waals surface area (Å²) in [6.07, 6.45) is -1.52. The molecule has 1 rings (SSSR count). The molecule has 3 N–H and O–H groups in total. The second kappa shape index (κ2) is 5.16. The molecule has 0 spiro atoms. The average Bonchev–Trinajstić information content (AvgIpc) is 2.26. The predicted molar refractivity (Wildman–Crippen MR) is 64.4 cm³/mol. The van der Waals surface area contributed by atoms with Gasteiger partial charge in [-0.3, -0.25) is 0 Å². The number of hydrogen-bond acceptors (Lipinski definition) is 4. The topological polar surface area (TPSA) is 81.0 Å². The van der Waals surface area contributed by atoms with Gasteiger partial charge in [-0.2, -0.15) is 0 Å². The Morgan fingerprint density at radius 2 is 1.88 bits per heavy atom. The highest BCUT2D eigenvalue weighted by atomic mass is 16.5. The minimum atomic E-state index is -1.52. The van der Waals surface area contributed by atoms with Gasteiger partial charge in [-0.15, -0.1) is 0 Å². The Morgan fingerprint density at radius 3 is 2.29 bits per heavy atom. The molecular formula is C12H17NO4. The zero-order valence-corrected chi connectivity index (χ0v) is 10.1. The Bertz CT molecular complexity index is 415. The van der Waals surface area contributed by atoms with E-state index < -0.39 is 18.2 Å². The fourth-order valence-corrected chi connectivity index (χ4v) is 1.62. The van der Waals surface area contributed by atoms with Gasteiger partial charge in [0, 0.05) is 25.7 Å². The van der Waals surface area contributed by atoms with Crippen molar-refractivity contribution in [3.8, 4) is 0 Å². The number of hydrogen-bond donors (Lipinski definition) is 3. The van der Waals surface area contributed by atoms with Crippen LogP contribution in [-0.4, -0.2) is 41.7 Å². The number of anilines is 1. The molecule has 5 nitrogen and oxygen atoms in total. The summed E-state index contributed by atoms with van der Waals surface area (Å²) in [7, 11) is 3.63. The van der Waals surface area contributed by atoms with Crippen LogP contribution in [0.5, 0.6) is 0 Å². The van der Waals surface area contributed by atoms with Gasteiger partial charge in [-0.1, -0.05) is 6.92 Å². The Labute approximate surface area is 99.9 Å². The van der Waals surface area contributed by atoms with Gasteiger partial charge in [0.2, 0.25) is 0 Å². The van der Waals surface area contributed by atoms with E-state index in [1.807, 2.05) is 14.1 Å². The van der Waals surface area contributed by atoms with Gasteiger partial charge in [0.25, 0.3) is 0 Å². The van der Waals surface area contributed by atoms with E-state index in [0.29, 0.717) is 5.56 Å². The molecule has 0 aromatic heterocycles. The van der Waals surface area contributed by atoms with Crippen LogP contribution in [0, 0.1) is 0 Å². The molecule has 0 aliphatic carbocycles. The molecule has 0 saturated carbocycles. The van der Waals surface area contributed by atoms with Crippen LogP contribution in [0.3, 0.4) is 0 Å². The maximum absolute atomic E-state index is 10.9. The number of carboxylic acid groups (broad SMARTS) is 1. The van der Waals surface area contributed by atoms with Gasteiger partial charge in [-0.25, -0.2) is 4.79 Å². The van der Waals surface area contributed by atoms with Crippen LogP contribution in [0.2, 0.25) is 0 Å². The molecule has 0 heterocycles. The second-order valence-corrected chi connectivity index (χ2v) is 4.18. The SMILES string of the molecule is CC(c1cc(C(=O)O)ccc1N(C)C)C(O)O. The maximum Gasteiger partial charge on any atom is 0.335 e. The van der Waals surface area contributed by atoms with Crippen molar-refractivity contribution in [3.63, 3.8) is 0 Å². The summed E-state index contributed by atoms with van der Waals surface area (Å²) < 4.78 is 0. The fourth-order valence-electron chi connectivity index (χ4n) is 1.62. The molecule has 1 unspecified atom stereocenters. The van der Waals surface area contributed by atoms with E-state index >= 15 is 0 Å². The average molecular weight is 239 g/mol. The summed E-state index contributed by atoms with van der Waals surface area (Å²) in [5, 5.41) is 27.3. The molecule has 0 saturated heterocycles. The van der Waals surface area contributed by atoms with Crippen LogP contribution in [0.25, 0.3) is 0 Å². The van der Waals surface area contributed by atoms with Crippen LogP contribution in [0.4, 0.5) is 5.69 Å². The van der Waals surface area contributed by atoms with E-state index in [-0.39, 0.29) is 5.56 Å². The molecule has 1 atom stereocenters. The first kappa shape index (κ1) is 13.5. The lowest BCUT2D eigenvalue weighted by atomic mass is 9.96. The summed E-state index contributed by atoms with van der Waals surface area (Å²) >= 11 is 0. The van der Waals surface area contributed by atoms with Crippen molar-refractivity contribution in [2.75, 3.05) is 19.0 Å². The van der Waals surface area contributed by atoms with Crippen LogP contribution >= 0.6 is 0 Å². The van der Waals surface area contributed by atoms with Gasteiger partial charge < -0.3 is 20.2 Å². The zero-order chi connectivity index (χ0) is 13.2. The summed E-state index contributed by atoms with van der Waals surface area (Å²) in [5.41, 5.74) is 1.51. The van der Waals surface area contributed by atoms with Crippen molar-refractivity contribution in [3.05, 3.63) is 29.3 Å². The molecule has 1 aromatic carbocycles. The molecule has 0 amide bonds. The third-order valence-electron chi connectivity index (χ3n) is 2.69. The number of aliphatic hydroxyl groups is 2. The highest BCUT2D eigenvalue weighted by Crippen LogP contribution is 2.29. The quantitative estimate of drug-likeness (QED) is 0.679. The first-order valence-corrected chi connectivity index (χ1v) is 5.25. The Hall–Kier alpha value is -1.59. The van der Waals surface area contributed by atoms with Gasteiger partial charge in [0.05, 0.1) is 5.56 Å². The van der Waals surface area contributed by atoms with Crippen LogP contribution in [0.1, 0.15) is 28.8 Å². The van der Waals surface area contributed by atoms with E-state index in [0.717, 1.165) is 5.69 Å². The number of aromatic carboxylic acids is 1. The molecule has 0 bridgehead atoms. The molecule has 94 valence electrons. The van der Waals surface area contributed by atoms with Crippen molar-refractivity contribution in [2.45, 2.75) is 19.1 Å². The van der Waals surface area contributed by atoms with Crippen molar-refractivity contribution in [1.82, 2.24) is 0 Å². The number of rotatable bonds is 4. The fraction of sp³-hybridized carbons (Fsp3) is 0.417. The molecular weight excluding hydrogens is 222 g/mol. The maximum atomic E-state index is 10.9. The molecule has 0 radical (unpaired) electrons. The van der Waals surface area contributed by atoms with Crippen molar-refractivity contribution >= 4 is 11.7 Å². The molecule has 5 heteroatoms. The number of aliphatic hydroxyl groups excluding tert-OH is 1. The smallest absolute Gasteiger partial charge is 0.335 e. The third-order valence-corrected chi connectivity index (χ3v) is 2.69. The van der Waals surface area contributed by atoms with E-state index in [1.54, 1.807) is 17.9 Å². The summed E-state index contributed by atoms with van der Waals surface area (Å²) in [4.78, 5) is 12.7. The van der Waals surface area contributed by atoms with Crippen molar-refractivity contribution in [2.24, 2.45) is 0 Å². The van der Waals surface area contributed by atoms with E-state index in [2.05, 4.69) is 0 Å². The molecule has 1 aromatic rings. The predicted octanol–water partition coefficient (Wildman–Crippen LogP) is 0.865. The van der Waals surface area contributed by atoms with Crippen LogP contribution < -0.4 is 4.90 Å².